The molecule has 0 aromatic heterocycles. The third-order valence-electron chi connectivity index (χ3n) is 10.0. The highest BCUT2D eigenvalue weighted by Gasteiger charge is 2.59. The zero-order chi connectivity index (χ0) is 23.4. The second-order valence-corrected chi connectivity index (χ2v) is 12.7. The van der Waals surface area contributed by atoms with Crippen LogP contribution in [0.3, 0.4) is 0 Å². The largest absolute Gasteiger partial charge is 0.300 e. The van der Waals surface area contributed by atoms with Crippen LogP contribution in [0.25, 0.3) is 0 Å². The minimum Gasteiger partial charge on any atom is -0.300 e. The maximum atomic E-state index is 12.5. The zero-order valence-corrected chi connectivity index (χ0v) is 21.3. The molecular formula is C28H38O4S. The van der Waals surface area contributed by atoms with Crippen LogP contribution >= 0.6 is 0 Å². The van der Waals surface area contributed by atoms with E-state index in [1.807, 2.05) is 31.2 Å². The first-order valence-electron chi connectivity index (χ1n) is 12.7. The van der Waals surface area contributed by atoms with Gasteiger partial charge in [-0.25, -0.2) is 9.10 Å². The number of carbonyl (C=O) groups is 1. The molecule has 0 amide bonds. The molecule has 33 heavy (non-hydrogen) atoms. The summed E-state index contributed by atoms with van der Waals surface area (Å²) in [6.07, 6.45) is 11.2. The lowest BCUT2D eigenvalue weighted by Gasteiger charge is -2.58. The van der Waals surface area contributed by atoms with E-state index in [2.05, 4.69) is 19.9 Å². The molecule has 4 nitrogen and oxygen atoms in total. The van der Waals surface area contributed by atoms with Gasteiger partial charge in [-0.1, -0.05) is 43.2 Å². The molecule has 0 aliphatic heterocycles. The fraction of sp³-hybridized carbons (Fsp3) is 0.679. The van der Waals surface area contributed by atoms with Crippen LogP contribution in [0.4, 0.5) is 0 Å². The highest BCUT2D eigenvalue weighted by atomic mass is 32.2. The van der Waals surface area contributed by atoms with Gasteiger partial charge in [0.1, 0.15) is 5.78 Å². The second kappa shape index (κ2) is 8.73. The predicted molar refractivity (Wildman–Crippen MR) is 129 cm³/mol. The monoisotopic (exact) mass is 470 g/mol. The Morgan fingerprint density at radius 2 is 1.79 bits per heavy atom. The molecule has 4 aliphatic rings. The molecule has 8 atom stereocenters. The summed E-state index contributed by atoms with van der Waals surface area (Å²) in [7, 11) is 0. The Hall–Kier alpha value is -1.30. The molecule has 5 heteroatoms. The first-order valence-corrected chi connectivity index (χ1v) is 13.8. The second-order valence-electron chi connectivity index (χ2n) is 11.6. The van der Waals surface area contributed by atoms with Crippen molar-refractivity contribution in [1.29, 1.82) is 0 Å². The predicted octanol–water partition coefficient (Wildman–Crippen LogP) is 6.50. The lowest BCUT2D eigenvalue weighted by Crippen LogP contribution is -2.51. The van der Waals surface area contributed by atoms with Crippen molar-refractivity contribution < 1.29 is 18.2 Å². The van der Waals surface area contributed by atoms with Gasteiger partial charge in [-0.15, -0.1) is 4.33 Å². The van der Waals surface area contributed by atoms with E-state index >= 15 is 0 Å². The van der Waals surface area contributed by atoms with E-state index in [1.165, 1.54) is 24.8 Å². The number of rotatable bonds is 5. The smallest absolute Gasteiger partial charge is 0.220 e. The number of aryl methyl sites for hydroxylation is 1. The van der Waals surface area contributed by atoms with Crippen molar-refractivity contribution in [3.63, 3.8) is 0 Å². The van der Waals surface area contributed by atoms with Crippen LogP contribution in [0.1, 0.15) is 77.7 Å². The van der Waals surface area contributed by atoms with Crippen molar-refractivity contribution in [2.75, 3.05) is 0 Å². The molecule has 0 radical (unpaired) electrons. The fourth-order valence-electron chi connectivity index (χ4n) is 8.16. The topological polar surface area (TPSA) is 52.6 Å². The Morgan fingerprint density at radius 3 is 2.52 bits per heavy atom. The number of carbonyl (C=O) groups excluding carboxylic acids is 1. The van der Waals surface area contributed by atoms with Crippen molar-refractivity contribution >= 4 is 16.9 Å². The van der Waals surface area contributed by atoms with E-state index < -0.39 is 11.1 Å². The molecule has 0 N–H and O–H groups in total. The van der Waals surface area contributed by atoms with Crippen LogP contribution in [-0.4, -0.2) is 16.1 Å². The number of Topliss-reactive ketones (excluding diaryl/α,β-unsaturated/α-hetero) is 1. The minimum atomic E-state index is -1.60. The van der Waals surface area contributed by atoms with Crippen molar-refractivity contribution in [3.05, 3.63) is 41.5 Å². The average Bonchev–Trinajstić information content (AvgIpc) is 3.15. The lowest BCUT2D eigenvalue weighted by molar-refractivity contribution is -0.244. The number of hydrogen-bond donors (Lipinski definition) is 0. The Kier molecular flexibility index (Phi) is 6.20. The van der Waals surface area contributed by atoms with Crippen molar-refractivity contribution in [2.24, 2.45) is 34.5 Å². The molecule has 0 bridgehead atoms. The molecule has 180 valence electrons. The van der Waals surface area contributed by atoms with E-state index in [4.69, 9.17) is 9.22 Å². The van der Waals surface area contributed by atoms with Crippen LogP contribution in [0.2, 0.25) is 0 Å². The summed E-state index contributed by atoms with van der Waals surface area (Å²) in [5.74, 6) is 2.73. The Labute approximate surface area is 201 Å². The minimum absolute atomic E-state index is 0.0438. The van der Waals surface area contributed by atoms with Gasteiger partial charge in [0.05, 0.1) is 11.0 Å². The molecule has 1 aromatic carbocycles. The number of allylic oxidation sites excluding steroid dienone is 1. The number of hydrogen-bond acceptors (Lipinski definition) is 4. The molecular weight excluding hydrogens is 432 g/mol. The molecule has 0 heterocycles. The molecule has 5 rings (SSSR count). The molecule has 0 saturated heterocycles. The Morgan fingerprint density at radius 1 is 1.03 bits per heavy atom. The van der Waals surface area contributed by atoms with Gasteiger partial charge in [-0.3, -0.25) is 4.79 Å². The number of fused-ring (bicyclic) bond motifs is 5. The zero-order valence-electron chi connectivity index (χ0n) is 20.5. The van der Waals surface area contributed by atoms with Gasteiger partial charge in [0.15, 0.2) is 0 Å². The molecule has 8 unspecified atom stereocenters. The summed E-state index contributed by atoms with van der Waals surface area (Å²) in [6.45, 7) is 8.69. The van der Waals surface area contributed by atoms with Gasteiger partial charge in [-0.05, 0) is 106 Å². The van der Waals surface area contributed by atoms with Gasteiger partial charge in [-0.2, -0.15) is 0 Å². The number of ketones is 1. The quantitative estimate of drug-likeness (QED) is 0.280. The summed E-state index contributed by atoms with van der Waals surface area (Å²) < 4.78 is 17.8. The third kappa shape index (κ3) is 3.98. The first kappa shape index (κ1) is 23.4. The van der Waals surface area contributed by atoms with E-state index in [-0.39, 0.29) is 22.9 Å². The average molecular weight is 471 g/mol. The van der Waals surface area contributed by atoms with Crippen LogP contribution in [0.15, 0.2) is 40.8 Å². The van der Waals surface area contributed by atoms with E-state index in [1.54, 1.807) is 6.92 Å². The van der Waals surface area contributed by atoms with Gasteiger partial charge >= 0.3 is 0 Å². The van der Waals surface area contributed by atoms with Gasteiger partial charge in [0.2, 0.25) is 11.1 Å². The third-order valence-corrected chi connectivity index (χ3v) is 10.9. The van der Waals surface area contributed by atoms with Crippen molar-refractivity contribution in [1.82, 2.24) is 0 Å². The molecule has 4 aliphatic carbocycles. The summed E-state index contributed by atoms with van der Waals surface area (Å²) in [5.41, 5.74) is 3.05. The highest BCUT2D eigenvalue weighted by molar-refractivity contribution is 7.80. The van der Waals surface area contributed by atoms with Gasteiger partial charge < -0.3 is 0 Å². The molecule has 1 aromatic rings. The Balaban J connectivity index is 1.26. The van der Waals surface area contributed by atoms with E-state index in [0.29, 0.717) is 28.4 Å². The van der Waals surface area contributed by atoms with Crippen molar-refractivity contribution in [2.45, 2.75) is 90.1 Å². The SMILES string of the molecule is CC(=O)C1CCC2C3CC=C4CC(OOS(=O)c5ccc(C)cc5)CCC4(C)C3CCC12C. The fourth-order valence-corrected chi connectivity index (χ4v) is 8.78. The van der Waals surface area contributed by atoms with E-state index in [9.17, 15) is 9.00 Å². The number of benzene rings is 1. The highest BCUT2D eigenvalue weighted by Crippen LogP contribution is 2.66. The van der Waals surface area contributed by atoms with Crippen LogP contribution < -0.4 is 0 Å². The van der Waals surface area contributed by atoms with Gasteiger partial charge in [0.25, 0.3) is 0 Å². The normalized spacial score (nSPS) is 40.8. The summed E-state index contributed by atoms with van der Waals surface area (Å²) in [6, 6.07) is 7.52. The summed E-state index contributed by atoms with van der Waals surface area (Å²) in [4.78, 5) is 18.7. The molecule has 0 spiro atoms. The maximum absolute atomic E-state index is 12.5. The van der Waals surface area contributed by atoms with Gasteiger partial charge in [0, 0.05) is 5.92 Å². The van der Waals surface area contributed by atoms with Crippen LogP contribution in [-0.2, 0) is 25.1 Å². The van der Waals surface area contributed by atoms with E-state index in [0.717, 1.165) is 37.7 Å². The van der Waals surface area contributed by atoms with Crippen LogP contribution in [0, 0.1) is 41.4 Å². The first-order chi connectivity index (χ1) is 15.7. The van der Waals surface area contributed by atoms with Crippen LogP contribution in [0.5, 0.6) is 0 Å². The lowest BCUT2D eigenvalue weighted by atomic mass is 9.47. The maximum Gasteiger partial charge on any atom is 0.220 e. The standard InChI is InChI=1S/C28H38O4S/c1-18-5-8-22(9-6-18)33(30)32-31-21-13-15-27(3)20(17-21)7-10-23-25-12-11-24(19(2)29)28(25,4)16-14-26(23)27/h5-9,21,23-26H,10-17H2,1-4H3. The molecule has 3 saturated carbocycles. The molecule has 3 fully saturated rings. The Bertz CT molecular complexity index is 969. The summed E-state index contributed by atoms with van der Waals surface area (Å²) >= 11 is -1.60. The van der Waals surface area contributed by atoms with Crippen molar-refractivity contribution in [3.8, 4) is 0 Å². The summed E-state index contributed by atoms with van der Waals surface area (Å²) in [5, 5.41) is 0.